The third-order valence-corrected chi connectivity index (χ3v) is 5.83. The van der Waals surface area contributed by atoms with Crippen molar-refractivity contribution in [1.29, 1.82) is 5.26 Å². The Morgan fingerprint density at radius 1 is 1.21 bits per heavy atom. The van der Waals surface area contributed by atoms with Crippen molar-refractivity contribution in [2.24, 2.45) is 0 Å². The first-order valence-corrected chi connectivity index (χ1v) is 9.98. The summed E-state index contributed by atoms with van der Waals surface area (Å²) in [5.41, 5.74) is 6.62. The molecule has 0 fully saturated rings. The number of aromatic nitrogens is 1. The van der Waals surface area contributed by atoms with Gasteiger partial charge in [-0.05, 0) is 74.0 Å². The highest BCUT2D eigenvalue weighted by atomic mass is 32.1. The second-order valence-electron chi connectivity index (χ2n) is 6.81. The lowest BCUT2D eigenvalue weighted by Crippen LogP contribution is -2.23. The van der Waals surface area contributed by atoms with E-state index in [4.69, 9.17) is 0 Å². The Hall–Kier alpha value is -3.10. The second-order valence-corrected chi connectivity index (χ2v) is 7.85. The van der Waals surface area contributed by atoms with E-state index in [-0.39, 0.29) is 11.5 Å². The van der Waals surface area contributed by atoms with Gasteiger partial charge in [0.25, 0.3) is 5.91 Å². The maximum absolute atomic E-state index is 12.4. The molecule has 4 nitrogen and oxygen atoms in total. The standard InChI is InChI=1S/C23H23N3OS/c1-15-7-5-9-22(17(15)3)26-16(2)11-19(18(26)4)12-20(13-24)23(27)25-14-21-8-6-10-28-21/h5-12H,14H2,1-4H3,(H,25,27). The van der Waals surface area contributed by atoms with Crippen molar-refractivity contribution >= 4 is 23.3 Å². The summed E-state index contributed by atoms with van der Waals surface area (Å²) in [7, 11) is 0. The fourth-order valence-corrected chi connectivity index (χ4v) is 3.91. The highest BCUT2D eigenvalue weighted by Gasteiger charge is 2.15. The third-order valence-electron chi connectivity index (χ3n) is 4.96. The van der Waals surface area contributed by atoms with Crippen LogP contribution >= 0.6 is 11.3 Å². The molecule has 0 saturated heterocycles. The van der Waals surface area contributed by atoms with E-state index < -0.39 is 0 Å². The van der Waals surface area contributed by atoms with Crippen molar-refractivity contribution in [3.63, 3.8) is 0 Å². The smallest absolute Gasteiger partial charge is 0.262 e. The third kappa shape index (κ3) is 3.92. The van der Waals surface area contributed by atoms with Gasteiger partial charge in [0.15, 0.2) is 0 Å². The molecule has 3 aromatic rings. The molecule has 5 heteroatoms. The van der Waals surface area contributed by atoms with Crippen LogP contribution in [0.2, 0.25) is 0 Å². The molecule has 2 heterocycles. The summed E-state index contributed by atoms with van der Waals surface area (Å²) in [5, 5.41) is 14.3. The Balaban J connectivity index is 1.91. The Labute approximate surface area is 169 Å². The molecule has 0 unspecified atom stereocenters. The molecule has 0 aliphatic rings. The van der Waals surface area contributed by atoms with Gasteiger partial charge in [-0.2, -0.15) is 5.26 Å². The van der Waals surface area contributed by atoms with E-state index in [1.165, 1.54) is 11.1 Å². The molecule has 1 aromatic carbocycles. The zero-order chi connectivity index (χ0) is 20.3. The molecule has 0 spiro atoms. The summed E-state index contributed by atoms with van der Waals surface area (Å²) in [6.07, 6.45) is 1.67. The second kappa shape index (κ2) is 8.28. The van der Waals surface area contributed by atoms with Crippen LogP contribution in [-0.2, 0) is 11.3 Å². The number of carbonyl (C=O) groups excluding carboxylic acids is 1. The Bertz CT molecular complexity index is 1080. The van der Waals surface area contributed by atoms with E-state index in [2.05, 4.69) is 35.9 Å². The van der Waals surface area contributed by atoms with Crippen molar-refractivity contribution in [2.45, 2.75) is 34.2 Å². The summed E-state index contributed by atoms with van der Waals surface area (Å²) in [4.78, 5) is 13.5. The first-order valence-electron chi connectivity index (χ1n) is 9.10. The number of rotatable bonds is 5. The first kappa shape index (κ1) is 19.7. The maximum atomic E-state index is 12.4. The van der Waals surface area contributed by atoms with Gasteiger partial charge in [-0.3, -0.25) is 4.79 Å². The number of amides is 1. The molecule has 3 rings (SSSR count). The van der Waals surface area contributed by atoms with Crippen LogP contribution in [0.1, 0.15) is 33.0 Å². The lowest BCUT2D eigenvalue weighted by Gasteiger charge is -2.14. The Morgan fingerprint density at radius 3 is 2.68 bits per heavy atom. The monoisotopic (exact) mass is 389 g/mol. The van der Waals surface area contributed by atoms with Crippen LogP contribution in [0.25, 0.3) is 11.8 Å². The minimum Gasteiger partial charge on any atom is -0.347 e. The molecule has 0 aliphatic carbocycles. The molecular formula is C23H23N3OS. The van der Waals surface area contributed by atoms with Crippen LogP contribution < -0.4 is 5.32 Å². The maximum Gasteiger partial charge on any atom is 0.262 e. The van der Waals surface area contributed by atoms with Crippen molar-refractivity contribution in [1.82, 2.24) is 9.88 Å². The summed E-state index contributed by atoms with van der Waals surface area (Å²) in [6, 6.07) is 14.2. The van der Waals surface area contributed by atoms with Crippen molar-refractivity contribution in [2.75, 3.05) is 0 Å². The van der Waals surface area contributed by atoms with Crippen LogP contribution in [0, 0.1) is 39.0 Å². The van der Waals surface area contributed by atoms with Crippen LogP contribution in [0.15, 0.2) is 47.4 Å². The van der Waals surface area contributed by atoms with Crippen LogP contribution in [0.4, 0.5) is 0 Å². The molecule has 0 aliphatic heterocycles. The topological polar surface area (TPSA) is 57.8 Å². The first-order chi connectivity index (χ1) is 13.4. The van der Waals surface area contributed by atoms with Crippen LogP contribution in [0.5, 0.6) is 0 Å². The molecule has 0 radical (unpaired) electrons. The van der Waals surface area contributed by atoms with Gasteiger partial charge >= 0.3 is 0 Å². The van der Waals surface area contributed by atoms with E-state index >= 15 is 0 Å². The van der Waals surface area contributed by atoms with Crippen LogP contribution in [-0.4, -0.2) is 10.5 Å². The van der Waals surface area contributed by atoms with Gasteiger partial charge in [0.2, 0.25) is 0 Å². The minimum atomic E-state index is -0.354. The molecule has 142 valence electrons. The number of thiophene rings is 1. The lowest BCUT2D eigenvalue weighted by molar-refractivity contribution is -0.117. The quantitative estimate of drug-likeness (QED) is 0.493. The zero-order valence-corrected chi connectivity index (χ0v) is 17.4. The van der Waals surface area contributed by atoms with Gasteiger partial charge in [0.05, 0.1) is 6.54 Å². The molecule has 0 saturated carbocycles. The minimum absolute atomic E-state index is 0.109. The van der Waals surface area contributed by atoms with E-state index in [0.717, 1.165) is 27.5 Å². The average molecular weight is 390 g/mol. The van der Waals surface area contributed by atoms with Crippen LogP contribution in [0.3, 0.4) is 0 Å². The normalized spacial score (nSPS) is 11.3. The van der Waals surface area contributed by atoms with E-state index in [1.807, 2.05) is 49.6 Å². The predicted molar refractivity (Wildman–Crippen MR) is 114 cm³/mol. The molecule has 0 atom stereocenters. The summed E-state index contributed by atoms with van der Waals surface area (Å²) >= 11 is 1.58. The number of hydrogen-bond acceptors (Lipinski definition) is 3. The zero-order valence-electron chi connectivity index (χ0n) is 16.5. The lowest BCUT2D eigenvalue weighted by atomic mass is 10.1. The summed E-state index contributed by atoms with van der Waals surface area (Å²) in [5.74, 6) is -0.354. The van der Waals surface area contributed by atoms with E-state index in [0.29, 0.717) is 6.54 Å². The van der Waals surface area contributed by atoms with E-state index in [1.54, 1.807) is 17.4 Å². The van der Waals surface area contributed by atoms with Crippen molar-refractivity contribution in [3.05, 3.63) is 80.3 Å². The highest BCUT2D eigenvalue weighted by molar-refractivity contribution is 7.09. The van der Waals surface area contributed by atoms with Gasteiger partial charge in [-0.25, -0.2) is 0 Å². The van der Waals surface area contributed by atoms with Crippen molar-refractivity contribution in [3.8, 4) is 11.8 Å². The Kier molecular flexibility index (Phi) is 5.81. The van der Waals surface area contributed by atoms with Gasteiger partial charge in [-0.15, -0.1) is 11.3 Å². The fourth-order valence-electron chi connectivity index (χ4n) is 3.26. The van der Waals surface area contributed by atoms with E-state index in [9.17, 15) is 10.1 Å². The Morgan fingerprint density at radius 2 is 2.00 bits per heavy atom. The number of benzene rings is 1. The molecular weight excluding hydrogens is 366 g/mol. The fraction of sp³-hybridized carbons (Fsp3) is 0.217. The summed E-state index contributed by atoms with van der Waals surface area (Å²) < 4.78 is 2.17. The molecule has 1 amide bonds. The average Bonchev–Trinajstić information content (AvgIpc) is 3.28. The van der Waals surface area contributed by atoms with Crippen molar-refractivity contribution < 1.29 is 4.79 Å². The SMILES string of the molecule is Cc1cccc(-n2c(C)cc(C=C(C#N)C(=O)NCc3cccs3)c2C)c1C. The molecule has 2 aromatic heterocycles. The largest absolute Gasteiger partial charge is 0.347 e. The number of carbonyl (C=O) groups is 1. The number of aryl methyl sites for hydroxylation is 2. The summed E-state index contributed by atoms with van der Waals surface area (Å²) in [6.45, 7) is 8.68. The van der Waals surface area contributed by atoms with Gasteiger partial charge < -0.3 is 9.88 Å². The van der Waals surface area contributed by atoms with Gasteiger partial charge in [0.1, 0.15) is 11.6 Å². The molecule has 1 N–H and O–H groups in total. The molecule has 0 bridgehead atoms. The number of nitrogens with one attached hydrogen (secondary N) is 1. The van der Waals surface area contributed by atoms with Gasteiger partial charge in [0, 0.05) is 22.0 Å². The predicted octanol–water partition coefficient (Wildman–Crippen LogP) is 5.00. The number of hydrogen-bond donors (Lipinski definition) is 1. The molecule has 28 heavy (non-hydrogen) atoms. The highest BCUT2D eigenvalue weighted by Crippen LogP contribution is 2.26. The van der Waals surface area contributed by atoms with Gasteiger partial charge in [-0.1, -0.05) is 18.2 Å². The number of nitriles is 1. The number of nitrogens with zero attached hydrogens (tertiary/aromatic N) is 2.